The minimum atomic E-state index is -0.631. The number of carbonyl (C=O) groups excluding carboxylic acids is 1. The molecule has 1 amide bonds. The molecule has 0 saturated carbocycles. The molecule has 3 nitrogen and oxygen atoms in total. The van der Waals surface area contributed by atoms with Gasteiger partial charge in [0.1, 0.15) is 0 Å². The molecule has 11 heavy (non-hydrogen) atoms. The van der Waals surface area contributed by atoms with E-state index < -0.39 is 5.60 Å². The topological polar surface area (TPSA) is 40.5 Å². The predicted molar refractivity (Wildman–Crippen MR) is 45.6 cm³/mol. The van der Waals surface area contributed by atoms with E-state index in [1.54, 1.807) is 11.8 Å². The van der Waals surface area contributed by atoms with Crippen LogP contribution in [0.3, 0.4) is 0 Å². The lowest BCUT2D eigenvalue weighted by Crippen LogP contribution is -2.62. The van der Waals surface area contributed by atoms with Gasteiger partial charge in [-0.25, -0.2) is 0 Å². The molecule has 1 heterocycles. The van der Waals surface area contributed by atoms with Gasteiger partial charge in [-0.05, 0) is 13.2 Å². The minimum absolute atomic E-state index is 0.129. The zero-order valence-electron chi connectivity index (χ0n) is 6.83. The van der Waals surface area contributed by atoms with Gasteiger partial charge < -0.3 is 10.0 Å². The Morgan fingerprint density at radius 1 is 1.73 bits per heavy atom. The highest BCUT2D eigenvalue weighted by molar-refractivity contribution is 7.99. The summed E-state index contributed by atoms with van der Waals surface area (Å²) in [4.78, 5) is 12.8. The smallest absolute Gasteiger partial charge is 0.232 e. The van der Waals surface area contributed by atoms with E-state index in [1.165, 1.54) is 11.8 Å². The molecule has 0 spiro atoms. The lowest BCUT2D eigenvalue weighted by atomic mass is 9.97. The van der Waals surface area contributed by atoms with E-state index in [4.69, 9.17) is 0 Å². The molecule has 1 fully saturated rings. The molecule has 1 N–H and O–H groups in total. The van der Waals surface area contributed by atoms with Crippen molar-refractivity contribution in [2.45, 2.75) is 12.5 Å². The van der Waals surface area contributed by atoms with E-state index in [0.29, 0.717) is 18.8 Å². The molecule has 0 unspecified atom stereocenters. The average Bonchev–Trinajstić information content (AvgIpc) is 1.83. The summed E-state index contributed by atoms with van der Waals surface area (Å²) >= 11 is 1.51. The third-order valence-electron chi connectivity index (χ3n) is 1.68. The second-order valence-corrected chi connectivity index (χ2v) is 4.05. The lowest BCUT2D eigenvalue weighted by molar-refractivity contribution is -0.149. The first-order valence-electron chi connectivity index (χ1n) is 3.54. The summed E-state index contributed by atoms with van der Waals surface area (Å²) < 4.78 is 0. The molecule has 0 aromatic heterocycles. The van der Waals surface area contributed by atoms with E-state index in [2.05, 4.69) is 0 Å². The van der Waals surface area contributed by atoms with Crippen LogP contribution >= 0.6 is 11.8 Å². The van der Waals surface area contributed by atoms with Gasteiger partial charge in [0, 0.05) is 0 Å². The van der Waals surface area contributed by atoms with Gasteiger partial charge in [-0.2, -0.15) is 11.8 Å². The molecule has 0 atom stereocenters. The van der Waals surface area contributed by atoms with Gasteiger partial charge in [0.2, 0.25) is 5.91 Å². The van der Waals surface area contributed by atoms with E-state index in [-0.39, 0.29) is 5.91 Å². The first-order valence-corrected chi connectivity index (χ1v) is 4.94. The molecule has 0 radical (unpaired) electrons. The van der Waals surface area contributed by atoms with Gasteiger partial charge in [-0.15, -0.1) is 0 Å². The van der Waals surface area contributed by atoms with Crippen molar-refractivity contribution in [1.82, 2.24) is 4.90 Å². The lowest BCUT2D eigenvalue weighted by Gasteiger charge is -2.44. The van der Waals surface area contributed by atoms with E-state index in [9.17, 15) is 9.90 Å². The van der Waals surface area contributed by atoms with Crippen LogP contribution < -0.4 is 0 Å². The number of carbonyl (C=O) groups is 1. The van der Waals surface area contributed by atoms with Crippen molar-refractivity contribution in [3.8, 4) is 0 Å². The molecule has 0 aliphatic carbocycles. The normalized spacial score (nSPS) is 21.2. The monoisotopic (exact) mass is 175 g/mol. The Kier molecular flexibility index (Phi) is 2.44. The average molecular weight is 175 g/mol. The maximum Gasteiger partial charge on any atom is 0.232 e. The van der Waals surface area contributed by atoms with Crippen LogP contribution in [0.5, 0.6) is 0 Å². The number of hydrogen-bond donors (Lipinski definition) is 1. The van der Waals surface area contributed by atoms with Crippen molar-refractivity contribution in [2.24, 2.45) is 0 Å². The molecule has 0 bridgehead atoms. The number of likely N-dealkylation sites (tertiary alicyclic amines) is 1. The van der Waals surface area contributed by atoms with E-state index >= 15 is 0 Å². The van der Waals surface area contributed by atoms with Gasteiger partial charge in [0.25, 0.3) is 0 Å². The summed E-state index contributed by atoms with van der Waals surface area (Å²) in [6.45, 7) is 2.73. The van der Waals surface area contributed by atoms with Crippen molar-refractivity contribution in [2.75, 3.05) is 25.1 Å². The van der Waals surface area contributed by atoms with Crippen molar-refractivity contribution in [1.29, 1.82) is 0 Å². The second kappa shape index (κ2) is 3.03. The minimum Gasteiger partial charge on any atom is -0.386 e. The molecule has 1 rings (SSSR count). The highest BCUT2D eigenvalue weighted by atomic mass is 32.2. The maximum absolute atomic E-state index is 11.1. The first kappa shape index (κ1) is 8.87. The molecule has 0 aromatic rings. The van der Waals surface area contributed by atoms with E-state index in [1.807, 2.05) is 6.26 Å². The molecule has 4 heteroatoms. The summed E-state index contributed by atoms with van der Waals surface area (Å²) in [6, 6.07) is 0. The molecule has 0 aromatic carbocycles. The number of thioether (sulfide) groups is 1. The number of hydrogen-bond acceptors (Lipinski definition) is 3. The fourth-order valence-corrected chi connectivity index (χ4v) is 1.60. The van der Waals surface area contributed by atoms with Crippen LogP contribution in [0, 0.1) is 0 Å². The molecule has 1 saturated heterocycles. The Morgan fingerprint density at radius 2 is 2.27 bits per heavy atom. The van der Waals surface area contributed by atoms with Gasteiger partial charge in [-0.1, -0.05) is 0 Å². The van der Waals surface area contributed by atoms with Gasteiger partial charge in [0.15, 0.2) is 0 Å². The van der Waals surface area contributed by atoms with Crippen LogP contribution in [-0.4, -0.2) is 46.6 Å². The first-order chi connectivity index (χ1) is 5.05. The zero-order chi connectivity index (χ0) is 8.48. The Hall–Kier alpha value is -0.220. The van der Waals surface area contributed by atoms with Crippen molar-refractivity contribution in [3.63, 3.8) is 0 Å². The second-order valence-electron chi connectivity index (χ2n) is 3.18. The van der Waals surface area contributed by atoms with Crippen LogP contribution in [0.4, 0.5) is 0 Å². The Balaban J connectivity index is 2.27. The third kappa shape index (κ3) is 2.10. The van der Waals surface area contributed by atoms with Crippen LogP contribution in [0.25, 0.3) is 0 Å². The number of β-amino-alcohol motifs (C(OH)–C–C–N with tert-alkyl or cyclic N) is 1. The summed E-state index contributed by atoms with van der Waals surface area (Å²) in [6.07, 6.45) is 1.90. The number of rotatable bonds is 2. The third-order valence-corrected chi connectivity index (χ3v) is 2.22. The summed E-state index contributed by atoms with van der Waals surface area (Å²) in [5.74, 6) is 0.653. The highest BCUT2D eigenvalue weighted by Gasteiger charge is 2.38. The quantitative estimate of drug-likeness (QED) is 0.639. The van der Waals surface area contributed by atoms with Crippen molar-refractivity contribution < 1.29 is 9.90 Å². The molecular weight excluding hydrogens is 162 g/mol. The van der Waals surface area contributed by atoms with Crippen molar-refractivity contribution >= 4 is 17.7 Å². The Morgan fingerprint density at radius 3 is 2.64 bits per heavy atom. The number of aliphatic hydroxyl groups is 1. The van der Waals surface area contributed by atoms with Crippen molar-refractivity contribution in [3.05, 3.63) is 0 Å². The summed E-state index contributed by atoms with van der Waals surface area (Å²) in [5, 5.41) is 9.30. The van der Waals surface area contributed by atoms with Crippen LogP contribution in [0.1, 0.15) is 6.92 Å². The van der Waals surface area contributed by atoms with Gasteiger partial charge >= 0.3 is 0 Å². The van der Waals surface area contributed by atoms with Crippen LogP contribution in [0.15, 0.2) is 0 Å². The molecule has 1 aliphatic rings. The van der Waals surface area contributed by atoms with E-state index in [0.717, 1.165) is 0 Å². The predicted octanol–water partition coefficient (Wildman–Crippen LogP) is -0.0574. The standard InChI is InChI=1S/C7H13NO2S/c1-7(10)4-8(5-7)6(9)3-11-2/h10H,3-5H2,1-2H3. The summed E-state index contributed by atoms with van der Waals surface area (Å²) in [7, 11) is 0. The van der Waals surface area contributed by atoms with Gasteiger partial charge in [-0.3, -0.25) is 4.79 Å². The largest absolute Gasteiger partial charge is 0.386 e. The zero-order valence-corrected chi connectivity index (χ0v) is 7.65. The van der Waals surface area contributed by atoms with Gasteiger partial charge in [0.05, 0.1) is 24.4 Å². The number of amides is 1. The molecule has 1 aliphatic heterocycles. The Bertz CT molecular complexity index is 162. The SMILES string of the molecule is CSCC(=O)N1CC(C)(O)C1. The fraction of sp³-hybridized carbons (Fsp3) is 0.857. The fourth-order valence-electron chi connectivity index (χ4n) is 1.17. The summed E-state index contributed by atoms with van der Waals surface area (Å²) in [5.41, 5.74) is -0.631. The van der Waals surface area contributed by atoms with Crippen LogP contribution in [0.2, 0.25) is 0 Å². The molecule has 64 valence electrons. The Labute approximate surface area is 70.8 Å². The molecular formula is C7H13NO2S. The van der Waals surface area contributed by atoms with Crippen LogP contribution in [-0.2, 0) is 4.79 Å². The number of nitrogens with zero attached hydrogens (tertiary/aromatic N) is 1. The highest BCUT2D eigenvalue weighted by Crippen LogP contribution is 2.20. The maximum atomic E-state index is 11.1.